The van der Waals surface area contributed by atoms with Crippen molar-refractivity contribution < 1.29 is 0 Å². The first-order chi connectivity index (χ1) is 17.7. The fourth-order valence-electron chi connectivity index (χ4n) is 5.61. The van der Waals surface area contributed by atoms with Gasteiger partial charge in [-0.3, -0.25) is 5.41 Å². The standard InChI is InChI=1S/C32H47N5/c1-9-24(29(11-3)35-23(7)33)18-25(10-2)32-31(21(4)5)28-19-27(12-13-30(28)36-32)26-14-16-37(17-15-26)22(6)20-34-8/h10,12-13,18-19,21,26,33-34,36H,6,9,11,14-17,20H2,1-5,7-8H3/b24-18-,25-10+,33-23?,35-29?. The van der Waals surface area contributed by atoms with E-state index in [4.69, 9.17) is 5.41 Å². The van der Waals surface area contributed by atoms with Crippen molar-refractivity contribution in [3.05, 3.63) is 65.0 Å². The van der Waals surface area contributed by atoms with E-state index in [9.17, 15) is 0 Å². The highest BCUT2D eigenvalue weighted by Crippen LogP contribution is 2.37. The lowest BCUT2D eigenvalue weighted by Crippen LogP contribution is -2.35. The number of rotatable bonds is 10. The average Bonchev–Trinajstić information content (AvgIpc) is 3.27. The molecule has 0 aliphatic carbocycles. The van der Waals surface area contributed by atoms with Crippen LogP contribution in [0.2, 0.25) is 0 Å². The predicted octanol–water partition coefficient (Wildman–Crippen LogP) is 7.79. The third kappa shape index (κ3) is 6.70. The van der Waals surface area contributed by atoms with Crippen LogP contribution in [0.15, 0.2) is 53.2 Å². The van der Waals surface area contributed by atoms with Gasteiger partial charge in [-0.1, -0.05) is 46.4 Å². The molecular weight excluding hydrogens is 454 g/mol. The molecule has 200 valence electrons. The summed E-state index contributed by atoms with van der Waals surface area (Å²) in [5.41, 5.74) is 9.83. The minimum atomic E-state index is 0.358. The number of aromatic amines is 1. The number of fused-ring (bicyclic) bond motifs is 1. The number of aliphatic imine (C=N–C) groups is 1. The Labute approximate surface area is 224 Å². The van der Waals surface area contributed by atoms with Gasteiger partial charge < -0.3 is 15.2 Å². The van der Waals surface area contributed by atoms with Crippen LogP contribution in [-0.4, -0.2) is 48.1 Å². The highest BCUT2D eigenvalue weighted by molar-refractivity contribution is 6.07. The van der Waals surface area contributed by atoms with E-state index in [2.05, 4.69) is 91.7 Å². The number of likely N-dealkylation sites (N-methyl/N-ethyl adjacent to an activating group) is 1. The molecule has 37 heavy (non-hydrogen) atoms. The van der Waals surface area contributed by atoms with Crippen molar-refractivity contribution in [1.82, 2.24) is 15.2 Å². The SMILES string of the molecule is C=C(CNC)N1CCC(c2ccc3[nH]c(C(/C=C(/CC)C(CC)=NC(C)=N)=C/C)c(C(C)C)c3c2)CC1. The molecule has 0 spiro atoms. The van der Waals surface area contributed by atoms with Gasteiger partial charge in [-0.25, -0.2) is 4.99 Å². The Morgan fingerprint density at radius 3 is 2.49 bits per heavy atom. The van der Waals surface area contributed by atoms with E-state index >= 15 is 0 Å². The Balaban J connectivity index is 1.98. The molecule has 0 atom stereocenters. The zero-order valence-corrected chi connectivity index (χ0v) is 24.1. The van der Waals surface area contributed by atoms with Crippen molar-refractivity contribution in [1.29, 1.82) is 5.41 Å². The second kappa shape index (κ2) is 13.0. The van der Waals surface area contributed by atoms with Gasteiger partial charge in [0.05, 0.1) is 0 Å². The van der Waals surface area contributed by atoms with Crippen LogP contribution >= 0.6 is 0 Å². The first kappa shape index (κ1) is 28.6. The highest BCUT2D eigenvalue weighted by atomic mass is 15.2. The number of amidine groups is 1. The molecule has 3 N–H and O–H groups in total. The second-order valence-electron chi connectivity index (χ2n) is 10.5. The Bertz CT molecular complexity index is 1200. The summed E-state index contributed by atoms with van der Waals surface area (Å²) in [6.07, 6.45) is 8.51. The van der Waals surface area contributed by atoms with Crippen molar-refractivity contribution in [3.8, 4) is 0 Å². The van der Waals surface area contributed by atoms with Crippen LogP contribution in [0.3, 0.4) is 0 Å². The van der Waals surface area contributed by atoms with Crippen LogP contribution < -0.4 is 5.32 Å². The number of hydrogen-bond acceptors (Lipinski definition) is 3. The lowest BCUT2D eigenvalue weighted by molar-refractivity contribution is 0.259. The first-order valence-corrected chi connectivity index (χ1v) is 14.0. The predicted molar refractivity (Wildman–Crippen MR) is 162 cm³/mol. The molecule has 0 saturated carbocycles. The molecule has 0 unspecified atom stereocenters. The molecular formula is C32H47N5. The van der Waals surface area contributed by atoms with Crippen molar-refractivity contribution in [2.75, 3.05) is 26.7 Å². The van der Waals surface area contributed by atoms with Gasteiger partial charge in [0, 0.05) is 47.6 Å². The number of nitrogens with one attached hydrogen (secondary N) is 3. The minimum absolute atomic E-state index is 0.358. The van der Waals surface area contributed by atoms with Crippen LogP contribution in [-0.2, 0) is 0 Å². The number of hydrogen-bond donors (Lipinski definition) is 3. The lowest BCUT2D eigenvalue weighted by atomic mass is 9.87. The molecule has 1 aromatic heterocycles. The molecule has 1 saturated heterocycles. The van der Waals surface area contributed by atoms with Gasteiger partial charge in [0.2, 0.25) is 0 Å². The summed E-state index contributed by atoms with van der Waals surface area (Å²) in [5.74, 6) is 1.33. The molecule has 0 radical (unpaired) electrons. The third-order valence-electron chi connectivity index (χ3n) is 7.55. The normalized spacial score (nSPS) is 16.2. The van der Waals surface area contributed by atoms with Gasteiger partial charge in [-0.2, -0.15) is 0 Å². The second-order valence-corrected chi connectivity index (χ2v) is 10.5. The van der Waals surface area contributed by atoms with Crippen molar-refractivity contribution in [2.24, 2.45) is 4.99 Å². The molecule has 1 fully saturated rings. The number of allylic oxidation sites excluding steroid dienone is 4. The van der Waals surface area contributed by atoms with Gasteiger partial charge in [-0.05, 0) is 98.9 Å². The number of nitrogens with zero attached hydrogens (tertiary/aromatic N) is 2. The largest absolute Gasteiger partial charge is 0.374 e. The number of piperidine rings is 1. The molecule has 2 aromatic rings. The minimum Gasteiger partial charge on any atom is -0.374 e. The number of likely N-dealkylation sites (tertiary alicyclic amines) is 1. The van der Waals surface area contributed by atoms with Crippen LogP contribution in [0.25, 0.3) is 16.5 Å². The summed E-state index contributed by atoms with van der Waals surface area (Å²) in [6, 6.07) is 7.05. The van der Waals surface area contributed by atoms with E-state index < -0.39 is 0 Å². The smallest absolute Gasteiger partial charge is 0.117 e. The van der Waals surface area contributed by atoms with Gasteiger partial charge >= 0.3 is 0 Å². The molecule has 1 aromatic carbocycles. The number of benzene rings is 1. The zero-order valence-electron chi connectivity index (χ0n) is 24.1. The highest BCUT2D eigenvalue weighted by Gasteiger charge is 2.23. The van der Waals surface area contributed by atoms with Crippen molar-refractivity contribution in [2.45, 2.75) is 79.1 Å². The lowest BCUT2D eigenvalue weighted by Gasteiger charge is -2.35. The molecule has 2 heterocycles. The van der Waals surface area contributed by atoms with Gasteiger partial charge in [0.25, 0.3) is 0 Å². The Morgan fingerprint density at radius 1 is 1.24 bits per heavy atom. The van der Waals surface area contributed by atoms with E-state index in [0.717, 1.165) is 51.0 Å². The Hall–Kier alpha value is -2.92. The molecule has 1 aliphatic heterocycles. The molecule has 3 rings (SSSR count). The van der Waals surface area contributed by atoms with Crippen LogP contribution in [0.1, 0.15) is 95.9 Å². The molecule has 1 aliphatic rings. The molecule has 5 nitrogen and oxygen atoms in total. The summed E-state index contributed by atoms with van der Waals surface area (Å²) in [6.45, 7) is 20.0. The van der Waals surface area contributed by atoms with Gasteiger partial charge in [0.1, 0.15) is 5.84 Å². The maximum absolute atomic E-state index is 7.86. The Morgan fingerprint density at radius 2 is 1.95 bits per heavy atom. The maximum atomic E-state index is 7.86. The van der Waals surface area contributed by atoms with E-state index in [0.29, 0.717) is 17.7 Å². The summed E-state index contributed by atoms with van der Waals surface area (Å²) in [4.78, 5) is 10.7. The topological polar surface area (TPSA) is 67.3 Å². The zero-order chi connectivity index (χ0) is 27.1. The fraction of sp³-hybridized carbons (Fsp3) is 0.500. The average molecular weight is 502 g/mol. The fourth-order valence-corrected chi connectivity index (χ4v) is 5.61. The summed E-state index contributed by atoms with van der Waals surface area (Å²) >= 11 is 0. The van der Waals surface area contributed by atoms with Crippen LogP contribution in [0.5, 0.6) is 0 Å². The monoisotopic (exact) mass is 501 g/mol. The molecule has 0 amide bonds. The van der Waals surface area contributed by atoms with Crippen molar-refractivity contribution in [3.63, 3.8) is 0 Å². The molecule has 5 heteroatoms. The van der Waals surface area contributed by atoms with E-state index in [-0.39, 0.29) is 0 Å². The maximum Gasteiger partial charge on any atom is 0.117 e. The van der Waals surface area contributed by atoms with Gasteiger partial charge in [-0.15, -0.1) is 0 Å². The summed E-state index contributed by atoms with van der Waals surface area (Å²) in [7, 11) is 1.98. The van der Waals surface area contributed by atoms with E-state index in [1.54, 1.807) is 6.92 Å². The third-order valence-corrected chi connectivity index (χ3v) is 7.55. The Kier molecular flexibility index (Phi) is 10.1. The summed E-state index contributed by atoms with van der Waals surface area (Å²) < 4.78 is 0. The van der Waals surface area contributed by atoms with Gasteiger partial charge in [0.15, 0.2) is 0 Å². The number of aromatic nitrogens is 1. The van der Waals surface area contributed by atoms with Crippen molar-refractivity contribution >= 4 is 28.0 Å². The van der Waals surface area contributed by atoms with Crippen LogP contribution in [0, 0.1) is 5.41 Å². The quantitative estimate of drug-likeness (QED) is 0.177. The first-order valence-electron chi connectivity index (χ1n) is 14.0. The summed E-state index contributed by atoms with van der Waals surface area (Å²) in [5, 5.41) is 12.4. The number of H-pyrrole nitrogens is 1. The molecule has 0 bridgehead atoms. The van der Waals surface area contributed by atoms with E-state index in [1.165, 1.54) is 44.6 Å². The van der Waals surface area contributed by atoms with E-state index in [1.807, 2.05) is 7.05 Å². The van der Waals surface area contributed by atoms with Crippen LogP contribution in [0.4, 0.5) is 0 Å².